The summed E-state index contributed by atoms with van der Waals surface area (Å²) < 4.78 is 7.24. The number of aromatic nitrogens is 2. The number of nitro groups is 1. The first kappa shape index (κ1) is 16.2. The number of non-ortho nitro benzene ring substituents is 1. The van der Waals surface area contributed by atoms with Crippen molar-refractivity contribution in [3.05, 3.63) is 34.0 Å². The molecule has 22 heavy (non-hydrogen) atoms. The summed E-state index contributed by atoms with van der Waals surface area (Å²) in [4.78, 5) is 10.5. The van der Waals surface area contributed by atoms with Crippen LogP contribution in [0.4, 0.5) is 5.69 Å². The summed E-state index contributed by atoms with van der Waals surface area (Å²) in [6.07, 6.45) is 5.44. The number of nitro benzene ring substituents is 1. The maximum atomic E-state index is 10.9. The van der Waals surface area contributed by atoms with Gasteiger partial charge in [0.1, 0.15) is 12.4 Å². The second-order valence-electron chi connectivity index (χ2n) is 6.30. The minimum absolute atomic E-state index is 0.0133. The molecule has 0 N–H and O–H groups in total. The number of terminal acetylenes is 1. The lowest BCUT2D eigenvalue weighted by atomic mass is 10.2. The fourth-order valence-corrected chi connectivity index (χ4v) is 2.77. The number of fused-ring (bicyclic) bond motifs is 1. The van der Waals surface area contributed by atoms with E-state index in [0.717, 1.165) is 11.4 Å². The van der Waals surface area contributed by atoms with Gasteiger partial charge < -0.3 is 4.74 Å². The van der Waals surface area contributed by atoms with E-state index in [1.807, 2.05) is 0 Å². The molecule has 0 atom stereocenters. The molecule has 1 heterocycles. The Balaban J connectivity index is 2.23. The van der Waals surface area contributed by atoms with Crippen molar-refractivity contribution >= 4 is 24.7 Å². The van der Waals surface area contributed by atoms with E-state index >= 15 is 0 Å². The predicted molar refractivity (Wildman–Crippen MR) is 88.4 cm³/mol. The third-order valence-electron chi connectivity index (χ3n) is 3.29. The van der Waals surface area contributed by atoms with Gasteiger partial charge in [-0.15, -0.1) is 6.42 Å². The van der Waals surface area contributed by atoms with Crippen LogP contribution in [-0.2, 0) is 11.5 Å². The Morgan fingerprint density at radius 3 is 2.77 bits per heavy atom. The topological polar surface area (TPSA) is 70.2 Å². The van der Waals surface area contributed by atoms with Gasteiger partial charge in [-0.3, -0.25) is 10.1 Å². The van der Waals surface area contributed by atoms with Crippen LogP contribution in [0.5, 0.6) is 0 Å². The molecule has 7 heteroatoms. The van der Waals surface area contributed by atoms with Gasteiger partial charge >= 0.3 is 0 Å². The molecular formula is C15H19N3O3Si. The van der Waals surface area contributed by atoms with Gasteiger partial charge in [-0.1, -0.05) is 19.6 Å². The van der Waals surface area contributed by atoms with Gasteiger partial charge in [0.15, 0.2) is 0 Å². The van der Waals surface area contributed by atoms with E-state index in [-0.39, 0.29) is 12.4 Å². The third kappa shape index (κ3) is 3.72. The SMILES string of the molecule is C#Cc1nn(COCC[Si](C)(C)C)c2cc([N+](=O)[O-])ccc12. The molecule has 0 fully saturated rings. The molecule has 116 valence electrons. The fourth-order valence-electron chi connectivity index (χ4n) is 2.01. The quantitative estimate of drug-likeness (QED) is 0.270. The molecule has 0 aliphatic carbocycles. The highest BCUT2D eigenvalue weighted by atomic mass is 28.3. The lowest BCUT2D eigenvalue weighted by Gasteiger charge is -2.15. The van der Waals surface area contributed by atoms with Crippen LogP contribution in [-0.4, -0.2) is 29.4 Å². The number of hydrogen-bond acceptors (Lipinski definition) is 4. The number of benzene rings is 1. The van der Waals surface area contributed by atoms with Crippen LogP contribution in [0.3, 0.4) is 0 Å². The van der Waals surface area contributed by atoms with Crippen molar-refractivity contribution in [2.45, 2.75) is 32.4 Å². The molecule has 0 radical (unpaired) electrons. The predicted octanol–water partition coefficient (Wildman–Crippen LogP) is 3.24. The minimum atomic E-state index is -1.15. The Bertz CT molecular complexity index is 741. The van der Waals surface area contributed by atoms with E-state index in [0.29, 0.717) is 17.8 Å². The van der Waals surface area contributed by atoms with Crippen LogP contribution >= 0.6 is 0 Å². The van der Waals surface area contributed by atoms with E-state index in [9.17, 15) is 10.1 Å². The minimum Gasteiger partial charge on any atom is -0.360 e. The van der Waals surface area contributed by atoms with E-state index in [4.69, 9.17) is 11.2 Å². The zero-order valence-electron chi connectivity index (χ0n) is 13.0. The molecule has 0 spiro atoms. The fraction of sp³-hybridized carbons (Fsp3) is 0.400. The van der Waals surface area contributed by atoms with Gasteiger partial charge in [0.2, 0.25) is 0 Å². The Hall–Kier alpha value is -2.17. The number of nitrogens with zero attached hydrogens (tertiary/aromatic N) is 3. The first-order chi connectivity index (χ1) is 10.3. The van der Waals surface area contributed by atoms with Gasteiger partial charge in [0, 0.05) is 32.2 Å². The highest BCUT2D eigenvalue weighted by Gasteiger charge is 2.15. The lowest BCUT2D eigenvalue weighted by molar-refractivity contribution is -0.384. The maximum Gasteiger partial charge on any atom is 0.271 e. The van der Waals surface area contributed by atoms with Crippen molar-refractivity contribution in [2.75, 3.05) is 6.61 Å². The van der Waals surface area contributed by atoms with Crippen LogP contribution in [0.1, 0.15) is 5.69 Å². The molecular weight excluding hydrogens is 298 g/mol. The molecule has 1 aromatic carbocycles. The van der Waals surface area contributed by atoms with Crippen molar-refractivity contribution in [2.24, 2.45) is 0 Å². The average Bonchev–Trinajstić information content (AvgIpc) is 2.80. The van der Waals surface area contributed by atoms with Crippen LogP contribution in [0.15, 0.2) is 18.2 Å². The standard InChI is InChI=1S/C15H19N3O3Si/c1-5-14-13-7-6-12(18(19)20)10-15(13)17(16-14)11-21-8-9-22(2,3)4/h1,6-7,10H,8-9,11H2,2-4H3. The van der Waals surface area contributed by atoms with Crippen molar-refractivity contribution in [3.8, 4) is 12.3 Å². The molecule has 0 bridgehead atoms. The molecule has 0 aliphatic heterocycles. The second kappa shape index (κ2) is 6.30. The largest absolute Gasteiger partial charge is 0.360 e. The smallest absolute Gasteiger partial charge is 0.271 e. The summed E-state index contributed by atoms with van der Waals surface area (Å²) in [5.41, 5.74) is 1.10. The van der Waals surface area contributed by atoms with Crippen molar-refractivity contribution in [3.63, 3.8) is 0 Å². The van der Waals surface area contributed by atoms with Crippen molar-refractivity contribution in [1.82, 2.24) is 9.78 Å². The van der Waals surface area contributed by atoms with Crippen molar-refractivity contribution < 1.29 is 9.66 Å². The summed E-state index contributed by atoms with van der Waals surface area (Å²) >= 11 is 0. The molecule has 2 rings (SSSR count). The monoisotopic (exact) mass is 317 g/mol. The van der Waals surface area contributed by atoms with E-state index in [1.54, 1.807) is 10.7 Å². The Kier molecular flexibility index (Phi) is 4.64. The lowest BCUT2D eigenvalue weighted by Crippen LogP contribution is -2.22. The zero-order chi connectivity index (χ0) is 16.3. The highest BCUT2D eigenvalue weighted by molar-refractivity contribution is 6.76. The maximum absolute atomic E-state index is 10.9. The number of hydrogen-bond donors (Lipinski definition) is 0. The summed E-state index contributed by atoms with van der Waals surface area (Å²) in [6, 6.07) is 5.59. The van der Waals surface area contributed by atoms with E-state index < -0.39 is 13.0 Å². The van der Waals surface area contributed by atoms with Gasteiger partial charge in [0.25, 0.3) is 5.69 Å². The molecule has 6 nitrogen and oxygen atoms in total. The molecule has 1 aromatic heterocycles. The summed E-state index contributed by atoms with van der Waals surface area (Å²) in [6.45, 7) is 7.72. The van der Waals surface area contributed by atoms with Crippen LogP contribution in [0, 0.1) is 22.5 Å². The normalized spacial score (nSPS) is 11.5. The average molecular weight is 317 g/mol. The molecule has 0 saturated heterocycles. The Morgan fingerprint density at radius 2 is 2.18 bits per heavy atom. The van der Waals surface area contributed by atoms with Gasteiger partial charge in [-0.25, -0.2) is 4.68 Å². The molecule has 0 aliphatic rings. The van der Waals surface area contributed by atoms with Crippen LogP contribution in [0.25, 0.3) is 10.9 Å². The van der Waals surface area contributed by atoms with E-state index in [2.05, 4.69) is 30.7 Å². The van der Waals surface area contributed by atoms with E-state index in [1.165, 1.54) is 12.1 Å². The van der Waals surface area contributed by atoms with Gasteiger partial charge in [-0.2, -0.15) is 5.10 Å². The zero-order valence-corrected chi connectivity index (χ0v) is 14.0. The molecule has 0 unspecified atom stereocenters. The van der Waals surface area contributed by atoms with Gasteiger partial charge in [-0.05, 0) is 18.0 Å². The second-order valence-corrected chi connectivity index (χ2v) is 11.9. The first-order valence-electron chi connectivity index (χ1n) is 7.01. The Labute approximate surface area is 130 Å². The highest BCUT2D eigenvalue weighted by Crippen LogP contribution is 2.23. The summed E-state index contributed by atoms with van der Waals surface area (Å²) in [5.74, 6) is 2.50. The number of rotatable bonds is 6. The molecule has 0 amide bonds. The summed E-state index contributed by atoms with van der Waals surface area (Å²) in [7, 11) is -1.15. The summed E-state index contributed by atoms with van der Waals surface area (Å²) in [5, 5.41) is 15.9. The molecule has 0 saturated carbocycles. The van der Waals surface area contributed by atoms with Crippen LogP contribution in [0.2, 0.25) is 25.7 Å². The number of ether oxygens (including phenoxy) is 1. The Morgan fingerprint density at radius 1 is 1.45 bits per heavy atom. The van der Waals surface area contributed by atoms with Crippen LogP contribution < -0.4 is 0 Å². The first-order valence-corrected chi connectivity index (χ1v) is 10.7. The van der Waals surface area contributed by atoms with Gasteiger partial charge in [0.05, 0.1) is 10.4 Å². The van der Waals surface area contributed by atoms with Crippen molar-refractivity contribution in [1.29, 1.82) is 0 Å². The molecule has 2 aromatic rings. The third-order valence-corrected chi connectivity index (χ3v) is 5.00.